The fraction of sp³-hybridized carbons (Fsp3) is 0.588. The maximum absolute atomic E-state index is 11.9. The number of ether oxygens (including phenoxy) is 1. The lowest BCUT2D eigenvalue weighted by Crippen LogP contribution is -2.44. The van der Waals surface area contributed by atoms with Gasteiger partial charge >= 0.3 is 0 Å². The van der Waals surface area contributed by atoms with E-state index in [-0.39, 0.29) is 11.9 Å². The lowest BCUT2D eigenvalue weighted by atomic mass is 10.0. The summed E-state index contributed by atoms with van der Waals surface area (Å²) in [5, 5.41) is 6.07. The Morgan fingerprint density at radius 2 is 2.14 bits per heavy atom. The molecule has 5 nitrogen and oxygen atoms in total. The summed E-state index contributed by atoms with van der Waals surface area (Å²) in [5.41, 5.74) is 2.51. The number of rotatable bonds is 7. The predicted octanol–water partition coefficient (Wildman–Crippen LogP) is 1.09. The average Bonchev–Trinajstić information content (AvgIpc) is 2.54. The van der Waals surface area contributed by atoms with Crippen molar-refractivity contribution in [3.05, 3.63) is 35.4 Å². The standard InChI is InChI=1S/C17H27N3O2/c1-14-4-3-5-15(12-14)16(20-8-10-22-11-9-20)13-19-17(21)6-7-18-2/h3-5,12,16,18H,6-11,13H2,1-2H3,(H,19,21). The van der Waals surface area contributed by atoms with Crippen LogP contribution in [0.3, 0.4) is 0 Å². The Morgan fingerprint density at radius 3 is 2.82 bits per heavy atom. The number of carbonyl (C=O) groups is 1. The van der Waals surface area contributed by atoms with Gasteiger partial charge in [-0.1, -0.05) is 29.8 Å². The fourth-order valence-electron chi connectivity index (χ4n) is 2.76. The van der Waals surface area contributed by atoms with Crippen LogP contribution in [0.25, 0.3) is 0 Å². The second-order valence-corrected chi connectivity index (χ2v) is 5.74. The molecule has 1 aromatic carbocycles. The van der Waals surface area contributed by atoms with Gasteiger partial charge in [0.15, 0.2) is 0 Å². The maximum Gasteiger partial charge on any atom is 0.221 e. The third-order valence-electron chi connectivity index (χ3n) is 4.01. The van der Waals surface area contributed by atoms with Gasteiger partial charge in [0, 0.05) is 32.6 Å². The number of nitrogens with zero attached hydrogens (tertiary/aromatic N) is 1. The van der Waals surface area contributed by atoms with Gasteiger partial charge in [0.25, 0.3) is 0 Å². The van der Waals surface area contributed by atoms with Crippen LogP contribution in [0.4, 0.5) is 0 Å². The van der Waals surface area contributed by atoms with Gasteiger partial charge < -0.3 is 15.4 Å². The molecule has 0 aromatic heterocycles. The van der Waals surface area contributed by atoms with Crippen LogP contribution in [0.15, 0.2) is 24.3 Å². The quantitative estimate of drug-likeness (QED) is 0.792. The largest absolute Gasteiger partial charge is 0.379 e. The first-order chi connectivity index (χ1) is 10.7. The van der Waals surface area contributed by atoms with Crippen LogP contribution in [0.5, 0.6) is 0 Å². The number of benzene rings is 1. The van der Waals surface area contributed by atoms with E-state index in [9.17, 15) is 4.79 Å². The molecule has 0 radical (unpaired) electrons. The molecule has 1 fully saturated rings. The van der Waals surface area contributed by atoms with Crippen molar-refractivity contribution >= 4 is 5.91 Å². The van der Waals surface area contributed by atoms with Crippen LogP contribution in [0.2, 0.25) is 0 Å². The summed E-state index contributed by atoms with van der Waals surface area (Å²) in [6.45, 7) is 6.79. The molecule has 1 amide bonds. The molecule has 1 unspecified atom stereocenters. The summed E-state index contributed by atoms with van der Waals surface area (Å²) in [6.07, 6.45) is 0.514. The van der Waals surface area contributed by atoms with Crippen molar-refractivity contribution < 1.29 is 9.53 Å². The Balaban J connectivity index is 2.03. The molecular weight excluding hydrogens is 278 g/mol. The van der Waals surface area contributed by atoms with Crippen molar-refractivity contribution in [3.8, 4) is 0 Å². The number of hydrogen-bond donors (Lipinski definition) is 2. The molecule has 0 spiro atoms. The third-order valence-corrected chi connectivity index (χ3v) is 4.01. The van der Waals surface area contributed by atoms with Crippen molar-refractivity contribution in [1.29, 1.82) is 0 Å². The smallest absolute Gasteiger partial charge is 0.221 e. The van der Waals surface area contributed by atoms with Crippen LogP contribution in [0, 0.1) is 6.92 Å². The first-order valence-corrected chi connectivity index (χ1v) is 8.00. The number of amides is 1. The molecule has 122 valence electrons. The summed E-state index contributed by atoms with van der Waals surface area (Å²) in [7, 11) is 1.86. The van der Waals surface area contributed by atoms with E-state index in [0.29, 0.717) is 19.5 Å². The Kier molecular flexibility index (Phi) is 6.83. The number of hydrogen-bond acceptors (Lipinski definition) is 4. The number of nitrogens with one attached hydrogen (secondary N) is 2. The fourth-order valence-corrected chi connectivity index (χ4v) is 2.76. The zero-order valence-corrected chi connectivity index (χ0v) is 13.6. The van der Waals surface area contributed by atoms with Gasteiger partial charge in [0.2, 0.25) is 5.91 Å². The van der Waals surface area contributed by atoms with E-state index in [4.69, 9.17) is 4.74 Å². The third kappa shape index (κ3) is 5.09. The summed E-state index contributed by atoms with van der Waals surface area (Å²) in [5.74, 6) is 0.0975. The van der Waals surface area contributed by atoms with E-state index in [1.54, 1.807) is 0 Å². The molecular formula is C17H27N3O2. The van der Waals surface area contributed by atoms with Crippen molar-refractivity contribution in [1.82, 2.24) is 15.5 Å². The van der Waals surface area contributed by atoms with Gasteiger partial charge in [-0.3, -0.25) is 9.69 Å². The molecule has 22 heavy (non-hydrogen) atoms. The first-order valence-electron chi connectivity index (χ1n) is 8.00. The first kappa shape index (κ1) is 16.9. The number of carbonyl (C=O) groups excluding carboxylic acids is 1. The number of morpholine rings is 1. The number of aryl methyl sites for hydroxylation is 1. The van der Waals surface area contributed by atoms with E-state index >= 15 is 0 Å². The molecule has 1 heterocycles. The minimum absolute atomic E-state index is 0.0975. The Labute approximate surface area is 133 Å². The van der Waals surface area contributed by atoms with Crippen molar-refractivity contribution in [2.75, 3.05) is 46.4 Å². The van der Waals surface area contributed by atoms with Crippen molar-refractivity contribution in [3.63, 3.8) is 0 Å². The molecule has 2 rings (SSSR count). The van der Waals surface area contributed by atoms with E-state index in [2.05, 4.69) is 46.7 Å². The Bertz CT molecular complexity index is 473. The Morgan fingerprint density at radius 1 is 1.36 bits per heavy atom. The molecule has 1 saturated heterocycles. The summed E-state index contributed by atoms with van der Waals surface area (Å²) in [6, 6.07) is 8.75. The van der Waals surface area contributed by atoms with Gasteiger partial charge in [-0.05, 0) is 19.5 Å². The molecule has 1 aliphatic heterocycles. The Hall–Kier alpha value is -1.43. The van der Waals surface area contributed by atoms with Gasteiger partial charge in [-0.15, -0.1) is 0 Å². The molecule has 2 N–H and O–H groups in total. The molecule has 0 bridgehead atoms. The van der Waals surface area contributed by atoms with Gasteiger partial charge in [0.1, 0.15) is 0 Å². The SMILES string of the molecule is CNCCC(=O)NCC(c1cccc(C)c1)N1CCOCC1. The van der Waals surface area contributed by atoms with Crippen LogP contribution in [0.1, 0.15) is 23.6 Å². The molecule has 1 aliphatic rings. The van der Waals surface area contributed by atoms with Crippen molar-refractivity contribution in [2.45, 2.75) is 19.4 Å². The van der Waals surface area contributed by atoms with E-state index < -0.39 is 0 Å². The lowest BCUT2D eigenvalue weighted by molar-refractivity contribution is -0.121. The minimum atomic E-state index is 0.0975. The second kappa shape index (κ2) is 8.88. The molecule has 0 aliphatic carbocycles. The molecule has 5 heteroatoms. The van der Waals surface area contributed by atoms with Gasteiger partial charge in [-0.2, -0.15) is 0 Å². The molecule has 0 saturated carbocycles. The lowest BCUT2D eigenvalue weighted by Gasteiger charge is -2.35. The van der Waals surface area contributed by atoms with Crippen LogP contribution >= 0.6 is 0 Å². The second-order valence-electron chi connectivity index (χ2n) is 5.74. The monoisotopic (exact) mass is 305 g/mol. The van der Waals surface area contributed by atoms with Gasteiger partial charge in [-0.25, -0.2) is 0 Å². The summed E-state index contributed by atoms with van der Waals surface area (Å²) >= 11 is 0. The zero-order chi connectivity index (χ0) is 15.8. The predicted molar refractivity (Wildman–Crippen MR) is 87.9 cm³/mol. The molecule has 1 aromatic rings. The van der Waals surface area contributed by atoms with E-state index in [1.807, 2.05) is 7.05 Å². The zero-order valence-electron chi connectivity index (χ0n) is 13.6. The summed E-state index contributed by atoms with van der Waals surface area (Å²) in [4.78, 5) is 14.3. The topological polar surface area (TPSA) is 53.6 Å². The van der Waals surface area contributed by atoms with Crippen molar-refractivity contribution in [2.24, 2.45) is 0 Å². The van der Waals surface area contributed by atoms with Gasteiger partial charge in [0.05, 0.1) is 19.3 Å². The maximum atomic E-state index is 11.9. The van der Waals surface area contributed by atoms with Crippen LogP contribution in [-0.4, -0.2) is 57.2 Å². The van der Waals surface area contributed by atoms with Crippen LogP contribution < -0.4 is 10.6 Å². The van der Waals surface area contributed by atoms with E-state index in [0.717, 1.165) is 26.3 Å². The highest BCUT2D eigenvalue weighted by Gasteiger charge is 2.23. The summed E-state index contributed by atoms with van der Waals surface area (Å²) < 4.78 is 5.45. The molecule has 1 atom stereocenters. The normalized spacial score (nSPS) is 17.2. The average molecular weight is 305 g/mol. The highest BCUT2D eigenvalue weighted by molar-refractivity contribution is 5.76. The highest BCUT2D eigenvalue weighted by Crippen LogP contribution is 2.22. The highest BCUT2D eigenvalue weighted by atomic mass is 16.5. The van der Waals surface area contributed by atoms with E-state index in [1.165, 1.54) is 11.1 Å². The van der Waals surface area contributed by atoms with Crippen LogP contribution in [-0.2, 0) is 9.53 Å². The minimum Gasteiger partial charge on any atom is -0.379 e.